The van der Waals surface area contributed by atoms with Crippen molar-refractivity contribution in [1.29, 1.82) is 0 Å². The van der Waals surface area contributed by atoms with E-state index >= 15 is 0 Å². The predicted molar refractivity (Wildman–Crippen MR) is 107 cm³/mol. The first-order valence-corrected chi connectivity index (χ1v) is 9.32. The zero-order chi connectivity index (χ0) is 20.1. The van der Waals surface area contributed by atoms with Crippen molar-refractivity contribution in [2.45, 2.75) is 33.8 Å². The molecule has 0 radical (unpaired) electrons. The molecule has 3 aromatic rings. The average molecular weight is 380 g/mol. The van der Waals surface area contributed by atoms with Crippen molar-refractivity contribution in [3.8, 4) is 5.75 Å². The van der Waals surface area contributed by atoms with Crippen molar-refractivity contribution in [3.63, 3.8) is 0 Å². The molecule has 0 aliphatic rings. The first-order valence-electron chi connectivity index (χ1n) is 9.32. The molecule has 0 fully saturated rings. The van der Waals surface area contributed by atoms with Crippen LogP contribution in [-0.4, -0.2) is 22.0 Å². The second-order valence-electron chi connectivity index (χ2n) is 7.10. The molecule has 2 aromatic heterocycles. The normalized spacial score (nSPS) is 11.0. The molecule has 0 aliphatic heterocycles. The van der Waals surface area contributed by atoms with E-state index in [-0.39, 0.29) is 12.2 Å². The second kappa shape index (κ2) is 8.69. The molecule has 0 atom stereocenters. The van der Waals surface area contributed by atoms with Crippen LogP contribution in [0.1, 0.15) is 41.9 Å². The van der Waals surface area contributed by atoms with E-state index in [0.29, 0.717) is 29.4 Å². The molecule has 146 valence electrons. The molecule has 0 saturated carbocycles. The van der Waals surface area contributed by atoms with Crippen LogP contribution >= 0.6 is 0 Å². The van der Waals surface area contributed by atoms with Crippen LogP contribution < -0.4 is 10.3 Å². The summed E-state index contributed by atoms with van der Waals surface area (Å²) in [5, 5.41) is 0. The Morgan fingerprint density at radius 1 is 1.18 bits per heavy atom. The zero-order valence-electron chi connectivity index (χ0n) is 16.3. The molecule has 0 bridgehead atoms. The molecule has 3 rings (SSSR count). The fraction of sp³-hybridized carbons (Fsp3) is 0.318. The molecule has 0 spiro atoms. The van der Waals surface area contributed by atoms with E-state index < -0.39 is 5.97 Å². The fourth-order valence-corrected chi connectivity index (χ4v) is 2.71. The summed E-state index contributed by atoms with van der Waals surface area (Å²) in [4.78, 5) is 28.9. The maximum Gasteiger partial charge on any atom is 0.338 e. The van der Waals surface area contributed by atoms with Gasteiger partial charge in [0, 0.05) is 12.3 Å². The Bertz CT molecular complexity index is 1020. The van der Waals surface area contributed by atoms with Crippen molar-refractivity contribution in [1.82, 2.24) is 9.38 Å². The monoisotopic (exact) mass is 380 g/mol. The molecule has 0 N–H and O–H groups in total. The first-order chi connectivity index (χ1) is 13.4. The number of ether oxygens (including phenoxy) is 2. The van der Waals surface area contributed by atoms with Crippen LogP contribution in [0.25, 0.3) is 5.65 Å². The van der Waals surface area contributed by atoms with Crippen LogP contribution in [0.4, 0.5) is 0 Å². The van der Waals surface area contributed by atoms with Crippen LogP contribution in [0.15, 0.2) is 53.5 Å². The number of fused-ring (bicyclic) bond motifs is 1. The van der Waals surface area contributed by atoms with Crippen molar-refractivity contribution in [3.05, 3.63) is 75.8 Å². The van der Waals surface area contributed by atoms with Gasteiger partial charge in [-0.25, -0.2) is 9.78 Å². The third kappa shape index (κ3) is 4.76. The summed E-state index contributed by atoms with van der Waals surface area (Å²) >= 11 is 0. The van der Waals surface area contributed by atoms with Gasteiger partial charge in [-0.2, -0.15) is 0 Å². The molecule has 0 amide bonds. The summed E-state index contributed by atoms with van der Waals surface area (Å²) in [6.45, 7) is 6.74. The summed E-state index contributed by atoms with van der Waals surface area (Å²) < 4.78 is 12.4. The molecule has 6 nitrogen and oxygen atoms in total. The molecule has 28 heavy (non-hydrogen) atoms. The Labute approximate surface area is 163 Å². The van der Waals surface area contributed by atoms with Gasteiger partial charge in [0.05, 0.1) is 17.9 Å². The van der Waals surface area contributed by atoms with Gasteiger partial charge in [0.25, 0.3) is 5.56 Å². The van der Waals surface area contributed by atoms with E-state index in [4.69, 9.17) is 9.47 Å². The molecule has 0 saturated heterocycles. The lowest BCUT2D eigenvalue weighted by Crippen LogP contribution is -2.17. The number of carbonyl (C=O) groups excluding carboxylic acids is 1. The fourth-order valence-electron chi connectivity index (χ4n) is 2.71. The number of hydrogen-bond acceptors (Lipinski definition) is 5. The van der Waals surface area contributed by atoms with Crippen molar-refractivity contribution < 1.29 is 14.3 Å². The standard InChI is InChI=1S/C22H24N2O4/c1-15(2)10-12-27-19-8-6-17(7-9-19)22(26)28-14-18-13-20(25)24-11-4-5-16(3)21(24)23-18/h4-9,11,13,15H,10,12,14H2,1-3H3. The molecule has 1 aromatic carbocycles. The smallest absolute Gasteiger partial charge is 0.338 e. The van der Waals surface area contributed by atoms with Gasteiger partial charge in [-0.3, -0.25) is 9.20 Å². The number of rotatable bonds is 7. The molecule has 0 aliphatic carbocycles. The van der Waals surface area contributed by atoms with Crippen LogP contribution in [0, 0.1) is 12.8 Å². The minimum Gasteiger partial charge on any atom is -0.494 e. The topological polar surface area (TPSA) is 69.9 Å². The molecule has 6 heteroatoms. The summed E-state index contributed by atoms with van der Waals surface area (Å²) in [5.74, 6) is 0.826. The van der Waals surface area contributed by atoms with Gasteiger partial charge >= 0.3 is 5.97 Å². The highest BCUT2D eigenvalue weighted by Gasteiger charge is 2.10. The number of aromatic nitrogens is 2. The average Bonchev–Trinajstić information content (AvgIpc) is 2.67. The summed E-state index contributed by atoms with van der Waals surface area (Å²) in [7, 11) is 0. The summed E-state index contributed by atoms with van der Waals surface area (Å²) in [6, 6.07) is 11.9. The number of aryl methyl sites for hydroxylation is 1. The number of carbonyl (C=O) groups is 1. The lowest BCUT2D eigenvalue weighted by atomic mass is 10.1. The lowest BCUT2D eigenvalue weighted by molar-refractivity contribution is 0.0467. The van der Waals surface area contributed by atoms with E-state index in [2.05, 4.69) is 18.8 Å². The number of hydrogen-bond donors (Lipinski definition) is 0. The van der Waals surface area contributed by atoms with Gasteiger partial charge in [0.15, 0.2) is 0 Å². The SMILES string of the molecule is Cc1cccn2c(=O)cc(COC(=O)c3ccc(OCCC(C)C)cc3)nc12. The maximum atomic E-state index is 12.3. The van der Waals surface area contributed by atoms with Crippen molar-refractivity contribution >= 4 is 11.6 Å². The highest BCUT2D eigenvalue weighted by molar-refractivity contribution is 5.89. The first kappa shape index (κ1) is 19.6. The Morgan fingerprint density at radius 3 is 2.64 bits per heavy atom. The van der Waals surface area contributed by atoms with Crippen LogP contribution in [0.5, 0.6) is 5.75 Å². The Kier molecular flexibility index (Phi) is 6.09. The Balaban J connectivity index is 1.63. The van der Waals surface area contributed by atoms with E-state index in [0.717, 1.165) is 17.7 Å². The molecular weight excluding hydrogens is 356 g/mol. The second-order valence-corrected chi connectivity index (χ2v) is 7.10. The highest BCUT2D eigenvalue weighted by atomic mass is 16.5. The number of benzene rings is 1. The summed E-state index contributed by atoms with van der Waals surface area (Å²) in [6.07, 6.45) is 2.64. The zero-order valence-corrected chi connectivity index (χ0v) is 16.3. The van der Waals surface area contributed by atoms with Gasteiger partial charge < -0.3 is 9.47 Å². The van der Waals surface area contributed by atoms with Gasteiger partial charge in [-0.05, 0) is 55.2 Å². The van der Waals surface area contributed by atoms with Crippen LogP contribution in [0.3, 0.4) is 0 Å². The van der Waals surface area contributed by atoms with Gasteiger partial charge in [-0.15, -0.1) is 0 Å². The minimum absolute atomic E-state index is 0.0639. The molecule has 2 heterocycles. The minimum atomic E-state index is -0.472. The summed E-state index contributed by atoms with van der Waals surface area (Å²) in [5.41, 5.74) is 2.07. The predicted octanol–water partition coefficient (Wildman–Crippen LogP) is 3.78. The van der Waals surface area contributed by atoms with Gasteiger partial charge in [0.2, 0.25) is 0 Å². The quantitative estimate of drug-likeness (QED) is 0.583. The van der Waals surface area contributed by atoms with E-state index in [1.54, 1.807) is 36.5 Å². The van der Waals surface area contributed by atoms with Crippen molar-refractivity contribution in [2.75, 3.05) is 6.61 Å². The van der Waals surface area contributed by atoms with E-state index in [9.17, 15) is 9.59 Å². The van der Waals surface area contributed by atoms with Crippen LogP contribution in [-0.2, 0) is 11.3 Å². The number of esters is 1. The highest BCUT2D eigenvalue weighted by Crippen LogP contribution is 2.15. The Morgan fingerprint density at radius 2 is 1.93 bits per heavy atom. The lowest BCUT2D eigenvalue weighted by Gasteiger charge is -2.09. The largest absolute Gasteiger partial charge is 0.494 e. The molecular formula is C22H24N2O4. The maximum absolute atomic E-state index is 12.3. The molecule has 0 unspecified atom stereocenters. The Hall–Kier alpha value is -3.15. The van der Waals surface area contributed by atoms with E-state index in [1.165, 1.54) is 10.5 Å². The third-order valence-electron chi connectivity index (χ3n) is 4.34. The van der Waals surface area contributed by atoms with Crippen LogP contribution in [0.2, 0.25) is 0 Å². The van der Waals surface area contributed by atoms with Crippen molar-refractivity contribution in [2.24, 2.45) is 5.92 Å². The van der Waals surface area contributed by atoms with Gasteiger partial charge in [0.1, 0.15) is 18.0 Å². The number of nitrogens with zero attached hydrogens (tertiary/aromatic N) is 2. The van der Waals surface area contributed by atoms with E-state index in [1.807, 2.05) is 13.0 Å². The van der Waals surface area contributed by atoms with Gasteiger partial charge in [-0.1, -0.05) is 19.9 Å². The third-order valence-corrected chi connectivity index (χ3v) is 4.34. The number of pyridine rings is 1.